The van der Waals surface area contributed by atoms with E-state index >= 15 is 0 Å². The molecule has 0 amide bonds. The zero-order valence-corrected chi connectivity index (χ0v) is 23.2. The molecule has 2 aromatic heterocycles. The molecule has 9 heteroatoms. The maximum absolute atomic E-state index is 13.6. The average molecular weight is 580 g/mol. The van der Waals surface area contributed by atoms with Gasteiger partial charge in [-0.25, -0.2) is 17.8 Å². The first-order valence-corrected chi connectivity index (χ1v) is 15.2. The summed E-state index contributed by atoms with van der Waals surface area (Å²) in [4.78, 5) is 34.0. The van der Waals surface area contributed by atoms with Gasteiger partial charge < -0.3 is 4.98 Å². The van der Waals surface area contributed by atoms with Crippen LogP contribution in [0.2, 0.25) is 5.02 Å². The highest BCUT2D eigenvalue weighted by Crippen LogP contribution is 2.39. The van der Waals surface area contributed by atoms with Gasteiger partial charge in [-0.1, -0.05) is 72.3 Å². The third kappa shape index (κ3) is 4.36. The fraction of sp³-hybridized carbons (Fsp3) is 0.0938. The van der Waals surface area contributed by atoms with E-state index in [0.717, 1.165) is 48.7 Å². The lowest BCUT2D eigenvalue weighted by Gasteiger charge is -2.19. The second-order valence-corrected chi connectivity index (χ2v) is 12.8. The highest BCUT2D eigenvalue weighted by molar-refractivity contribution is 7.90. The van der Waals surface area contributed by atoms with E-state index in [1.54, 1.807) is 24.4 Å². The number of pyridine rings is 1. The molecule has 0 saturated heterocycles. The van der Waals surface area contributed by atoms with Crippen LogP contribution in [0.1, 0.15) is 11.1 Å². The number of hydrogen-bond acceptors (Lipinski definition) is 5. The number of nitrogens with one attached hydrogen (secondary N) is 1. The Labute approximate surface area is 239 Å². The van der Waals surface area contributed by atoms with Crippen LogP contribution in [0.5, 0.6) is 0 Å². The molecule has 0 fully saturated rings. The molecule has 3 heterocycles. The number of halogens is 1. The molecule has 1 aliphatic rings. The van der Waals surface area contributed by atoms with Gasteiger partial charge in [0.1, 0.15) is 0 Å². The van der Waals surface area contributed by atoms with Crippen LogP contribution in [-0.2, 0) is 22.0 Å². The lowest BCUT2D eigenvalue weighted by Crippen LogP contribution is -2.33. The van der Waals surface area contributed by atoms with Gasteiger partial charge in [0.15, 0.2) is 9.84 Å². The minimum absolute atomic E-state index is 0.0510. The van der Waals surface area contributed by atoms with Gasteiger partial charge in [0.2, 0.25) is 0 Å². The third-order valence-electron chi connectivity index (χ3n) is 7.66. The molecule has 7 rings (SSSR count). The number of H-pyrrole nitrogens is 1. The van der Waals surface area contributed by atoms with Crippen LogP contribution in [0.25, 0.3) is 49.6 Å². The van der Waals surface area contributed by atoms with E-state index in [1.807, 2.05) is 60.7 Å². The monoisotopic (exact) mass is 579 g/mol. The lowest BCUT2D eigenvalue weighted by molar-refractivity contribution is 0.591. The Bertz CT molecular complexity index is 2270. The number of benzene rings is 4. The van der Waals surface area contributed by atoms with Crippen molar-refractivity contribution in [2.75, 3.05) is 5.75 Å². The van der Waals surface area contributed by atoms with Crippen molar-refractivity contribution in [1.29, 1.82) is 0 Å². The van der Waals surface area contributed by atoms with Crippen LogP contribution in [0.4, 0.5) is 0 Å². The molecule has 7 nitrogen and oxygen atoms in total. The number of aromatic nitrogens is 3. The Morgan fingerprint density at radius 1 is 0.829 bits per heavy atom. The molecule has 1 aliphatic heterocycles. The Hall–Kier alpha value is -4.53. The quantitative estimate of drug-likeness (QED) is 0.290. The predicted octanol–water partition coefficient (Wildman–Crippen LogP) is 5.69. The number of sulfone groups is 1. The summed E-state index contributed by atoms with van der Waals surface area (Å²) >= 11 is 6.75. The molecular weight excluding hydrogens is 558 g/mol. The van der Waals surface area contributed by atoms with Crippen molar-refractivity contribution in [3.8, 4) is 27.9 Å². The maximum Gasteiger partial charge on any atom is 0.333 e. The van der Waals surface area contributed by atoms with Gasteiger partial charge in [-0.05, 0) is 52.4 Å². The summed E-state index contributed by atoms with van der Waals surface area (Å²) in [5, 5.41) is 2.43. The van der Waals surface area contributed by atoms with Gasteiger partial charge in [-0.3, -0.25) is 9.78 Å². The van der Waals surface area contributed by atoms with Crippen molar-refractivity contribution in [3.63, 3.8) is 0 Å². The van der Waals surface area contributed by atoms with Crippen LogP contribution >= 0.6 is 11.6 Å². The minimum atomic E-state index is -3.07. The molecule has 0 bridgehead atoms. The maximum atomic E-state index is 13.6. The first-order valence-electron chi connectivity index (χ1n) is 13.0. The highest BCUT2D eigenvalue weighted by atomic mass is 35.5. The summed E-state index contributed by atoms with van der Waals surface area (Å²) in [5.41, 5.74) is 4.88. The van der Waals surface area contributed by atoms with E-state index < -0.39 is 21.1 Å². The van der Waals surface area contributed by atoms with Gasteiger partial charge in [0, 0.05) is 27.6 Å². The Morgan fingerprint density at radius 2 is 1.66 bits per heavy atom. The summed E-state index contributed by atoms with van der Waals surface area (Å²) in [7, 11) is -3.07. The van der Waals surface area contributed by atoms with Crippen molar-refractivity contribution in [2.45, 2.75) is 12.2 Å². The third-order valence-corrected chi connectivity index (χ3v) is 9.56. The second-order valence-electron chi connectivity index (χ2n) is 10.2. The van der Waals surface area contributed by atoms with Crippen molar-refractivity contribution < 1.29 is 8.42 Å². The molecule has 202 valence electrons. The molecule has 0 aliphatic carbocycles. The molecule has 1 N–H and O–H groups in total. The van der Waals surface area contributed by atoms with Crippen LogP contribution in [-0.4, -0.2) is 28.7 Å². The number of aryl methyl sites for hydroxylation is 1. The van der Waals surface area contributed by atoms with Crippen LogP contribution in [0.15, 0.2) is 101 Å². The topological polar surface area (TPSA) is 102 Å². The van der Waals surface area contributed by atoms with E-state index in [9.17, 15) is 18.0 Å². The Morgan fingerprint density at radius 3 is 2.54 bits per heavy atom. The number of fused-ring (bicyclic) bond motifs is 3. The molecule has 0 saturated carbocycles. The van der Waals surface area contributed by atoms with Crippen LogP contribution < -0.4 is 11.2 Å². The molecule has 0 atom stereocenters. The summed E-state index contributed by atoms with van der Waals surface area (Å²) in [6.45, 7) is 0. The predicted molar refractivity (Wildman–Crippen MR) is 163 cm³/mol. The number of nitrogens with zero attached hydrogens (tertiary/aromatic N) is 2. The standard InChI is InChI=1S/C32H22ClN3O4S/c33-27-7-3-6-25(20-8-9-23-18-41(39,40)13-12-19(23)14-20)30(27)21-10-11-26-28(15-21)35-32(38)36(31(26)37)29-17-34-16-22-4-1-2-5-24(22)29/h1-11,14-17H,12-13,18H2,(H,35,38). The van der Waals surface area contributed by atoms with E-state index in [4.69, 9.17) is 11.6 Å². The Balaban J connectivity index is 1.37. The second kappa shape index (κ2) is 9.54. The summed E-state index contributed by atoms with van der Waals surface area (Å²) in [5.74, 6) is 0.186. The smallest absolute Gasteiger partial charge is 0.306 e. The summed E-state index contributed by atoms with van der Waals surface area (Å²) in [6, 6.07) is 24.2. The zero-order chi connectivity index (χ0) is 28.3. The van der Waals surface area contributed by atoms with Gasteiger partial charge in [-0.2, -0.15) is 0 Å². The molecule has 0 radical (unpaired) electrons. The van der Waals surface area contributed by atoms with Crippen molar-refractivity contribution in [2.24, 2.45) is 0 Å². The van der Waals surface area contributed by atoms with Crippen molar-refractivity contribution in [3.05, 3.63) is 128 Å². The van der Waals surface area contributed by atoms with Gasteiger partial charge >= 0.3 is 5.69 Å². The Kier molecular flexibility index (Phi) is 5.92. The minimum Gasteiger partial charge on any atom is -0.306 e. The lowest BCUT2D eigenvalue weighted by atomic mass is 9.91. The average Bonchev–Trinajstić information content (AvgIpc) is 2.96. The van der Waals surface area contributed by atoms with E-state index in [0.29, 0.717) is 28.0 Å². The molecule has 4 aromatic carbocycles. The first-order chi connectivity index (χ1) is 19.8. The molecule has 0 spiro atoms. The largest absolute Gasteiger partial charge is 0.333 e. The zero-order valence-electron chi connectivity index (χ0n) is 21.6. The molecule has 0 unspecified atom stereocenters. The van der Waals surface area contributed by atoms with E-state index in [1.165, 1.54) is 6.20 Å². The van der Waals surface area contributed by atoms with E-state index in [-0.39, 0.29) is 11.5 Å². The fourth-order valence-corrected chi connectivity index (χ4v) is 7.39. The number of hydrogen-bond donors (Lipinski definition) is 1. The summed E-state index contributed by atoms with van der Waals surface area (Å²) in [6.07, 6.45) is 3.68. The fourth-order valence-electron chi connectivity index (χ4n) is 5.67. The van der Waals surface area contributed by atoms with E-state index in [2.05, 4.69) is 9.97 Å². The summed E-state index contributed by atoms with van der Waals surface area (Å²) < 4.78 is 25.3. The van der Waals surface area contributed by atoms with Gasteiger partial charge in [0.25, 0.3) is 5.56 Å². The normalized spacial score (nSPS) is 14.3. The van der Waals surface area contributed by atoms with Crippen LogP contribution in [0, 0.1) is 0 Å². The molecule has 41 heavy (non-hydrogen) atoms. The van der Waals surface area contributed by atoms with Crippen molar-refractivity contribution in [1.82, 2.24) is 14.5 Å². The highest BCUT2D eigenvalue weighted by Gasteiger charge is 2.22. The van der Waals surface area contributed by atoms with Gasteiger partial charge in [0.05, 0.1) is 34.3 Å². The van der Waals surface area contributed by atoms with Crippen LogP contribution in [0.3, 0.4) is 0 Å². The SMILES string of the molecule is O=c1[nH]c2cc(-c3c(Cl)cccc3-c3ccc4c(c3)CCS(=O)(=O)C4)ccc2c(=O)n1-c1cncc2ccccc12. The number of rotatable bonds is 3. The van der Waals surface area contributed by atoms with Gasteiger partial charge in [-0.15, -0.1) is 0 Å². The van der Waals surface area contributed by atoms with Crippen molar-refractivity contribution >= 4 is 43.1 Å². The molecule has 6 aromatic rings. The first kappa shape index (κ1) is 25.4. The molecular formula is C32H22ClN3O4S. The number of aromatic amines is 1.